The number of nitrogens with one attached hydrogen (secondary N) is 3. The molecule has 0 unspecified atom stereocenters. The fourth-order valence-electron chi connectivity index (χ4n) is 2.22. The van der Waals surface area contributed by atoms with Gasteiger partial charge in [0.05, 0.1) is 16.8 Å². The van der Waals surface area contributed by atoms with Crippen LogP contribution in [0.15, 0.2) is 4.99 Å². The second kappa shape index (κ2) is 12.2. The van der Waals surface area contributed by atoms with Crippen molar-refractivity contribution in [3.63, 3.8) is 0 Å². The van der Waals surface area contributed by atoms with Gasteiger partial charge in [0.1, 0.15) is 5.60 Å². The van der Waals surface area contributed by atoms with Crippen LogP contribution in [-0.2, 0) is 14.6 Å². The molecule has 0 saturated heterocycles. The molecule has 0 radical (unpaired) electrons. The fraction of sp³-hybridized carbons (Fsp3) is 0.895. The molecule has 0 aromatic heterocycles. The zero-order valence-electron chi connectivity index (χ0n) is 19.4. The average Bonchev–Trinajstić information content (AvgIpc) is 2.53. The van der Waals surface area contributed by atoms with Gasteiger partial charge in [0.15, 0.2) is 15.8 Å². The molecule has 0 aliphatic carbocycles. The van der Waals surface area contributed by atoms with E-state index >= 15 is 0 Å². The normalized spacial score (nSPS) is 13.3. The van der Waals surface area contributed by atoms with Gasteiger partial charge in [0.2, 0.25) is 0 Å². The van der Waals surface area contributed by atoms with E-state index in [1.807, 2.05) is 41.5 Å². The molecular weight excluding hydrogens is 507 g/mol. The first kappa shape index (κ1) is 30.4. The summed E-state index contributed by atoms with van der Waals surface area (Å²) in [7, 11) is -3.24. The third kappa shape index (κ3) is 11.3. The van der Waals surface area contributed by atoms with Crippen LogP contribution in [0.4, 0.5) is 4.79 Å². The molecule has 0 aromatic rings. The maximum atomic E-state index is 12.3. The molecule has 0 rings (SSSR count). The zero-order chi connectivity index (χ0) is 22.2. The summed E-state index contributed by atoms with van der Waals surface area (Å²) in [5, 5.41) is 9.33. The third-order valence-corrected chi connectivity index (χ3v) is 6.82. The molecule has 1 amide bonds. The van der Waals surface area contributed by atoms with Crippen molar-refractivity contribution in [3.8, 4) is 0 Å². The molecule has 10 heteroatoms. The Kier molecular flexibility index (Phi) is 12.8. The second-order valence-corrected chi connectivity index (χ2v) is 11.3. The number of ether oxygens (including phenoxy) is 1. The van der Waals surface area contributed by atoms with Crippen LogP contribution in [0.3, 0.4) is 0 Å². The third-order valence-electron chi connectivity index (χ3n) is 4.68. The van der Waals surface area contributed by atoms with E-state index in [-0.39, 0.29) is 30.5 Å². The van der Waals surface area contributed by atoms with Crippen LogP contribution in [0.5, 0.6) is 0 Å². The van der Waals surface area contributed by atoms with Gasteiger partial charge in [-0.3, -0.25) is 4.99 Å². The highest BCUT2D eigenvalue weighted by Gasteiger charge is 2.32. The number of nitrogens with zero attached hydrogens (tertiary/aromatic N) is 1. The first-order valence-corrected chi connectivity index (χ1v) is 11.7. The van der Waals surface area contributed by atoms with E-state index in [1.54, 1.807) is 13.8 Å². The Morgan fingerprint density at radius 1 is 1.00 bits per heavy atom. The summed E-state index contributed by atoms with van der Waals surface area (Å²) < 4.78 is 28.2. The quantitative estimate of drug-likeness (QED) is 0.232. The highest BCUT2D eigenvalue weighted by Crippen LogP contribution is 2.17. The first-order valence-electron chi connectivity index (χ1n) is 9.84. The summed E-state index contributed by atoms with van der Waals surface area (Å²) in [5.74, 6) is 0.511. The van der Waals surface area contributed by atoms with Crippen LogP contribution in [-0.4, -0.2) is 62.2 Å². The van der Waals surface area contributed by atoms with Gasteiger partial charge in [-0.05, 0) is 54.4 Å². The van der Waals surface area contributed by atoms with Crippen molar-refractivity contribution >= 4 is 45.9 Å². The molecule has 8 nitrogen and oxygen atoms in total. The minimum absolute atomic E-state index is 0. The minimum Gasteiger partial charge on any atom is -0.444 e. The maximum absolute atomic E-state index is 12.3. The molecular formula is C19H41IN4O4S. The summed E-state index contributed by atoms with van der Waals surface area (Å²) in [6.45, 7) is 15.9. The fourth-order valence-corrected chi connectivity index (χ4v) is 2.52. The van der Waals surface area contributed by atoms with E-state index in [1.165, 1.54) is 6.26 Å². The van der Waals surface area contributed by atoms with Gasteiger partial charge < -0.3 is 20.7 Å². The van der Waals surface area contributed by atoms with Gasteiger partial charge in [0.25, 0.3) is 0 Å². The zero-order valence-corrected chi connectivity index (χ0v) is 22.6. The Morgan fingerprint density at radius 3 is 1.90 bits per heavy atom. The molecule has 0 bridgehead atoms. The topological polar surface area (TPSA) is 109 Å². The molecule has 0 heterocycles. The van der Waals surface area contributed by atoms with Crippen LogP contribution < -0.4 is 16.0 Å². The Hall–Kier alpha value is -0.780. The Balaban J connectivity index is 0. The second-order valence-electron chi connectivity index (χ2n) is 8.69. The van der Waals surface area contributed by atoms with Gasteiger partial charge in [-0.2, -0.15) is 0 Å². The van der Waals surface area contributed by atoms with Crippen LogP contribution in [0.25, 0.3) is 0 Å². The van der Waals surface area contributed by atoms with E-state index < -0.39 is 31.8 Å². The summed E-state index contributed by atoms with van der Waals surface area (Å²) in [6, 6.07) is 0. The first-order chi connectivity index (χ1) is 12.6. The summed E-state index contributed by atoms with van der Waals surface area (Å²) in [5.41, 5.74) is -1.08. The number of carbonyl (C=O) groups is 1. The van der Waals surface area contributed by atoms with Crippen LogP contribution in [0.1, 0.15) is 68.2 Å². The number of alkyl carbamates (subject to hydrolysis) is 1. The number of carbonyl (C=O) groups excluding carboxylic acids is 1. The smallest absolute Gasteiger partial charge is 0.408 e. The molecule has 29 heavy (non-hydrogen) atoms. The number of hydrogen-bond donors (Lipinski definition) is 3. The SMILES string of the molecule is CCNC(=NCC(C)(C)S(C)(=O)=O)NCC(CC)(CC)NC(=O)OC(C)(C)C.I. The average molecular weight is 549 g/mol. The lowest BCUT2D eigenvalue weighted by Crippen LogP contribution is -2.57. The lowest BCUT2D eigenvalue weighted by atomic mass is 9.93. The predicted octanol–water partition coefficient (Wildman–Crippen LogP) is 3.07. The lowest BCUT2D eigenvalue weighted by Gasteiger charge is -2.34. The van der Waals surface area contributed by atoms with Crippen LogP contribution in [0, 0.1) is 0 Å². The number of halogens is 1. The van der Waals surface area contributed by atoms with Crippen molar-refractivity contribution in [1.29, 1.82) is 0 Å². The van der Waals surface area contributed by atoms with Crippen molar-refractivity contribution < 1.29 is 17.9 Å². The summed E-state index contributed by atoms with van der Waals surface area (Å²) >= 11 is 0. The number of rotatable bonds is 9. The largest absolute Gasteiger partial charge is 0.444 e. The summed E-state index contributed by atoms with van der Waals surface area (Å²) in [4.78, 5) is 16.7. The van der Waals surface area contributed by atoms with E-state index in [0.717, 1.165) is 0 Å². The van der Waals surface area contributed by atoms with Crippen LogP contribution in [0.2, 0.25) is 0 Å². The van der Waals surface area contributed by atoms with Crippen LogP contribution >= 0.6 is 24.0 Å². The molecule has 0 spiro atoms. The van der Waals surface area contributed by atoms with Gasteiger partial charge in [-0.25, -0.2) is 13.2 Å². The van der Waals surface area contributed by atoms with E-state index in [9.17, 15) is 13.2 Å². The minimum atomic E-state index is -3.24. The summed E-state index contributed by atoms with van der Waals surface area (Å²) in [6.07, 6.45) is 2.15. The van der Waals surface area contributed by atoms with Crippen molar-refractivity contribution in [2.45, 2.75) is 84.1 Å². The van der Waals surface area contributed by atoms with Crippen molar-refractivity contribution in [1.82, 2.24) is 16.0 Å². The van der Waals surface area contributed by atoms with E-state index in [0.29, 0.717) is 31.9 Å². The number of sulfone groups is 1. The van der Waals surface area contributed by atoms with Gasteiger partial charge in [-0.15, -0.1) is 24.0 Å². The molecule has 0 aliphatic heterocycles. The molecule has 0 aliphatic rings. The van der Waals surface area contributed by atoms with E-state index in [2.05, 4.69) is 20.9 Å². The molecule has 3 N–H and O–H groups in total. The molecule has 0 saturated carbocycles. The lowest BCUT2D eigenvalue weighted by molar-refractivity contribution is 0.0448. The molecule has 0 atom stereocenters. The number of hydrogen-bond acceptors (Lipinski definition) is 5. The highest BCUT2D eigenvalue weighted by atomic mass is 127. The Bertz CT molecular complexity index is 639. The predicted molar refractivity (Wildman–Crippen MR) is 131 cm³/mol. The number of aliphatic imine (C=N–C) groups is 1. The van der Waals surface area contributed by atoms with Crippen molar-refractivity contribution in [3.05, 3.63) is 0 Å². The van der Waals surface area contributed by atoms with Gasteiger partial charge >= 0.3 is 6.09 Å². The van der Waals surface area contributed by atoms with Gasteiger partial charge in [0, 0.05) is 19.3 Å². The Morgan fingerprint density at radius 2 is 1.52 bits per heavy atom. The molecule has 0 fully saturated rings. The number of amides is 1. The van der Waals surface area contributed by atoms with Gasteiger partial charge in [-0.1, -0.05) is 13.8 Å². The highest BCUT2D eigenvalue weighted by molar-refractivity contribution is 14.0. The monoisotopic (exact) mass is 548 g/mol. The standard InChI is InChI=1S/C19H40N4O4S.HI/c1-10-19(11-2,23-16(24)27-17(4,5)6)14-22-15(20-12-3)21-13-18(7,8)28(9,25)26;/h10-14H2,1-9H3,(H,23,24)(H2,20,21,22);1H. The molecule has 174 valence electrons. The maximum Gasteiger partial charge on any atom is 0.408 e. The Labute approximate surface area is 194 Å². The molecule has 0 aromatic carbocycles. The van der Waals surface area contributed by atoms with Crippen molar-refractivity contribution in [2.75, 3.05) is 25.9 Å². The van der Waals surface area contributed by atoms with E-state index in [4.69, 9.17) is 4.74 Å². The number of guanidine groups is 1. The van der Waals surface area contributed by atoms with Crippen molar-refractivity contribution in [2.24, 2.45) is 4.99 Å².